The lowest BCUT2D eigenvalue weighted by molar-refractivity contribution is -0.122. The fourth-order valence-corrected chi connectivity index (χ4v) is 2.44. The fraction of sp³-hybridized carbons (Fsp3) is 0.467. The quantitative estimate of drug-likeness (QED) is 0.536. The Morgan fingerprint density at radius 3 is 2.81 bits per heavy atom. The summed E-state index contributed by atoms with van der Waals surface area (Å²) in [6.07, 6.45) is 2.39. The van der Waals surface area contributed by atoms with Gasteiger partial charge in [-0.15, -0.1) is 11.3 Å². The third-order valence-corrected chi connectivity index (χ3v) is 3.81. The Hall–Kier alpha value is -1.84. The predicted octanol–water partition coefficient (Wildman–Crippen LogP) is 0.738. The largest absolute Gasteiger partial charge is 0.395 e. The van der Waals surface area contributed by atoms with Gasteiger partial charge < -0.3 is 15.7 Å². The highest BCUT2D eigenvalue weighted by Gasteiger charge is 2.28. The van der Waals surface area contributed by atoms with Gasteiger partial charge in [-0.3, -0.25) is 9.59 Å². The average Bonchev–Trinajstić information content (AvgIpc) is 3.23. The third kappa shape index (κ3) is 5.21. The highest BCUT2D eigenvalue weighted by atomic mass is 32.1. The van der Waals surface area contributed by atoms with Crippen molar-refractivity contribution in [2.45, 2.75) is 19.3 Å². The van der Waals surface area contributed by atoms with E-state index >= 15 is 0 Å². The molecule has 0 aliphatic heterocycles. The number of aliphatic hydroxyl groups excluding tert-OH is 1. The van der Waals surface area contributed by atoms with Crippen LogP contribution in [0.25, 0.3) is 0 Å². The van der Waals surface area contributed by atoms with Crippen molar-refractivity contribution < 1.29 is 14.7 Å². The van der Waals surface area contributed by atoms with Crippen molar-refractivity contribution in [1.82, 2.24) is 10.6 Å². The molecule has 1 saturated carbocycles. The normalized spacial score (nSPS) is 13.2. The van der Waals surface area contributed by atoms with E-state index in [1.807, 2.05) is 0 Å². The monoisotopic (exact) mass is 306 g/mol. The molecule has 1 aliphatic rings. The van der Waals surface area contributed by atoms with E-state index in [2.05, 4.69) is 22.5 Å². The van der Waals surface area contributed by atoms with Crippen molar-refractivity contribution in [2.24, 2.45) is 5.92 Å². The molecule has 1 fully saturated rings. The summed E-state index contributed by atoms with van der Waals surface area (Å²) in [5.74, 6) is 5.82. The van der Waals surface area contributed by atoms with Crippen LogP contribution in [0.3, 0.4) is 0 Å². The molecule has 3 N–H and O–H groups in total. The van der Waals surface area contributed by atoms with Crippen LogP contribution >= 0.6 is 11.3 Å². The van der Waals surface area contributed by atoms with Crippen LogP contribution in [0.5, 0.6) is 0 Å². The van der Waals surface area contributed by atoms with Crippen molar-refractivity contribution in [2.75, 3.05) is 19.7 Å². The van der Waals surface area contributed by atoms with E-state index in [4.69, 9.17) is 5.11 Å². The number of hydrogen-bond acceptors (Lipinski definition) is 4. The molecule has 112 valence electrons. The van der Waals surface area contributed by atoms with Crippen LogP contribution < -0.4 is 10.6 Å². The van der Waals surface area contributed by atoms with Crippen molar-refractivity contribution in [3.63, 3.8) is 0 Å². The summed E-state index contributed by atoms with van der Waals surface area (Å²) in [5.41, 5.74) is 0.571. The number of hydrogen-bond donors (Lipinski definition) is 3. The summed E-state index contributed by atoms with van der Waals surface area (Å²) in [5, 5.41) is 15.9. The first kappa shape index (κ1) is 15.5. The first-order valence-corrected chi connectivity index (χ1v) is 7.83. The van der Waals surface area contributed by atoms with E-state index in [0.717, 1.165) is 17.7 Å². The van der Waals surface area contributed by atoms with Crippen LogP contribution in [0.4, 0.5) is 0 Å². The maximum absolute atomic E-state index is 11.9. The molecule has 1 heterocycles. The smallest absolute Gasteiger partial charge is 0.252 e. The van der Waals surface area contributed by atoms with Crippen molar-refractivity contribution in [3.05, 3.63) is 21.9 Å². The molecular weight excluding hydrogens is 288 g/mol. The second-order valence-corrected chi connectivity index (χ2v) is 5.71. The maximum atomic E-state index is 11.9. The lowest BCUT2D eigenvalue weighted by Gasteiger charge is -2.05. The van der Waals surface area contributed by atoms with E-state index in [-0.39, 0.29) is 24.3 Å². The highest BCUT2D eigenvalue weighted by molar-refractivity contribution is 7.10. The molecule has 0 saturated heterocycles. The van der Waals surface area contributed by atoms with Crippen LogP contribution in [0, 0.1) is 17.8 Å². The van der Waals surface area contributed by atoms with Gasteiger partial charge in [0.05, 0.1) is 17.0 Å². The molecule has 0 aromatic carbocycles. The molecule has 0 radical (unpaired) electrons. The summed E-state index contributed by atoms with van der Waals surface area (Å²) in [4.78, 5) is 24.1. The molecule has 2 rings (SSSR count). The summed E-state index contributed by atoms with van der Waals surface area (Å²) in [7, 11) is 0. The van der Waals surface area contributed by atoms with E-state index < -0.39 is 0 Å². The molecule has 1 aromatic rings. The Kier molecular flexibility index (Phi) is 5.78. The molecule has 1 aliphatic carbocycles. The number of aliphatic hydroxyl groups is 1. The molecule has 0 spiro atoms. The van der Waals surface area contributed by atoms with E-state index in [1.165, 1.54) is 11.3 Å². The summed E-state index contributed by atoms with van der Waals surface area (Å²) in [6.45, 7) is 0.908. The molecule has 0 unspecified atom stereocenters. The van der Waals surface area contributed by atoms with Crippen LogP contribution in [-0.2, 0) is 4.79 Å². The van der Waals surface area contributed by atoms with Crippen LogP contribution in [0.2, 0.25) is 0 Å². The molecular formula is C15H18N2O3S. The van der Waals surface area contributed by atoms with Gasteiger partial charge in [0, 0.05) is 30.8 Å². The Labute approximate surface area is 127 Å². The lowest BCUT2D eigenvalue weighted by Crippen LogP contribution is -2.35. The van der Waals surface area contributed by atoms with Crippen molar-refractivity contribution in [1.29, 1.82) is 0 Å². The first-order valence-electron chi connectivity index (χ1n) is 6.95. The zero-order valence-electron chi connectivity index (χ0n) is 11.6. The lowest BCUT2D eigenvalue weighted by atomic mass is 10.3. The van der Waals surface area contributed by atoms with Gasteiger partial charge in [0.15, 0.2) is 0 Å². The summed E-state index contributed by atoms with van der Waals surface area (Å²) < 4.78 is 0. The minimum Gasteiger partial charge on any atom is -0.395 e. The number of amides is 2. The van der Waals surface area contributed by atoms with Gasteiger partial charge >= 0.3 is 0 Å². The number of carbonyl (C=O) groups excluding carboxylic acids is 2. The fourth-order valence-electron chi connectivity index (χ4n) is 1.68. The van der Waals surface area contributed by atoms with Crippen LogP contribution in [0.1, 0.15) is 34.5 Å². The molecule has 2 amide bonds. The summed E-state index contributed by atoms with van der Waals surface area (Å²) in [6, 6.07) is 1.73. The van der Waals surface area contributed by atoms with Crippen LogP contribution in [-0.4, -0.2) is 36.6 Å². The number of nitrogens with one attached hydrogen (secondary N) is 2. The second kappa shape index (κ2) is 7.81. The standard InChI is InChI=1S/C15H18N2O3S/c18-8-2-1-3-13-9-12(10-21-13)15(20)17-7-6-16-14(19)11-4-5-11/h9-11,18H,2,4-8H2,(H,16,19)(H,17,20). The Bertz CT molecular complexity index is 567. The minimum atomic E-state index is -0.165. The molecule has 21 heavy (non-hydrogen) atoms. The van der Waals surface area contributed by atoms with Crippen molar-refractivity contribution in [3.8, 4) is 11.8 Å². The van der Waals surface area contributed by atoms with Gasteiger partial charge in [0.25, 0.3) is 5.91 Å². The van der Waals surface area contributed by atoms with E-state index in [0.29, 0.717) is 25.1 Å². The molecule has 5 nitrogen and oxygen atoms in total. The Balaban J connectivity index is 1.70. The van der Waals surface area contributed by atoms with Gasteiger partial charge in [-0.25, -0.2) is 0 Å². The summed E-state index contributed by atoms with van der Waals surface area (Å²) >= 11 is 1.40. The highest BCUT2D eigenvalue weighted by Crippen LogP contribution is 2.28. The first-order chi connectivity index (χ1) is 10.2. The predicted molar refractivity (Wildman–Crippen MR) is 81.0 cm³/mol. The second-order valence-electron chi connectivity index (χ2n) is 4.80. The Morgan fingerprint density at radius 2 is 2.10 bits per heavy atom. The average molecular weight is 306 g/mol. The van der Waals surface area contributed by atoms with Crippen LogP contribution in [0.15, 0.2) is 11.4 Å². The maximum Gasteiger partial charge on any atom is 0.252 e. The number of carbonyl (C=O) groups is 2. The number of thiophene rings is 1. The van der Waals surface area contributed by atoms with Gasteiger partial charge in [0.2, 0.25) is 5.91 Å². The zero-order valence-corrected chi connectivity index (χ0v) is 12.5. The van der Waals surface area contributed by atoms with Gasteiger partial charge in [-0.1, -0.05) is 11.8 Å². The topological polar surface area (TPSA) is 78.4 Å². The molecule has 0 atom stereocenters. The minimum absolute atomic E-state index is 0.0400. The number of rotatable bonds is 6. The van der Waals surface area contributed by atoms with Crippen molar-refractivity contribution >= 4 is 23.2 Å². The molecule has 6 heteroatoms. The van der Waals surface area contributed by atoms with E-state index in [9.17, 15) is 9.59 Å². The molecule has 0 bridgehead atoms. The zero-order chi connectivity index (χ0) is 15.1. The SMILES string of the molecule is O=C(NCCNC(=O)C1CC1)c1csc(C#CCCO)c1. The Morgan fingerprint density at radius 1 is 1.33 bits per heavy atom. The van der Waals surface area contributed by atoms with E-state index in [1.54, 1.807) is 11.4 Å². The molecule has 1 aromatic heterocycles. The third-order valence-electron chi connectivity index (χ3n) is 2.97. The van der Waals surface area contributed by atoms with Gasteiger partial charge in [-0.05, 0) is 18.9 Å². The van der Waals surface area contributed by atoms with Gasteiger partial charge in [-0.2, -0.15) is 0 Å². The van der Waals surface area contributed by atoms with Gasteiger partial charge in [0.1, 0.15) is 0 Å².